The minimum absolute atomic E-state index is 0.260. The van der Waals surface area contributed by atoms with Crippen LogP contribution < -0.4 is 4.74 Å². The van der Waals surface area contributed by atoms with E-state index in [1.54, 1.807) is 0 Å². The smallest absolute Gasteiger partial charge is 0.503 e. The highest BCUT2D eigenvalue weighted by Crippen LogP contribution is 2.33. The van der Waals surface area contributed by atoms with Gasteiger partial charge in [-0.3, -0.25) is 4.79 Å². The van der Waals surface area contributed by atoms with E-state index in [0.29, 0.717) is 6.07 Å². The average Bonchev–Trinajstić information content (AvgIpc) is 2.07. The van der Waals surface area contributed by atoms with Crippen LogP contribution in [0.2, 0.25) is 0 Å². The summed E-state index contributed by atoms with van der Waals surface area (Å²) in [6.45, 7) is 0. The molecule has 0 bridgehead atoms. The molecule has 0 saturated carbocycles. The Bertz CT molecular complexity index is 438. The van der Waals surface area contributed by atoms with Crippen molar-refractivity contribution in [1.29, 1.82) is 0 Å². The monoisotopic (exact) mass is 319 g/mol. The molecular weight excluding hydrogens is 318 g/mol. The van der Waals surface area contributed by atoms with Crippen molar-refractivity contribution in [3.63, 3.8) is 0 Å². The molecular formula is C7H2BrClF3NO3. The number of pyridine rings is 1. The molecule has 0 aliphatic rings. The molecule has 1 heterocycles. The molecule has 0 aromatic carbocycles. The molecule has 0 atom stereocenters. The molecule has 0 aliphatic heterocycles. The molecule has 1 N–H and O–H groups in total. The van der Waals surface area contributed by atoms with E-state index in [2.05, 4.69) is 25.7 Å². The number of aromatic nitrogens is 1. The standard InChI is InChI=1S/C7H2BrClF3NO3/c8-4-2(5(9)15)1-3(14)6(13-4)16-7(10,11)12/h1,14H. The Morgan fingerprint density at radius 3 is 2.56 bits per heavy atom. The van der Waals surface area contributed by atoms with Crippen LogP contribution in [0.1, 0.15) is 10.4 Å². The van der Waals surface area contributed by atoms with Gasteiger partial charge >= 0.3 is 6.36 Å². The largest absolute Gasteiger partial charge is 0.574 e. The summed E-state index contributed by atoms with van der Waals surface area (Å²) in [5, 5.41) is 8.13. The van der Waals surface area contributed by atoms with Crippen molar-refractivity contribution in [2.75, 3.05) is 0 Å². The van der Waals surface area contributed by atoms with E-state index in [1.807, 2.05) is 0 Å². The third kappa shape index (κ3) is 3.24. The lowest BCUT2D eigenvalue weighted by molar-refractivity contribution is -0.276. The van der Waals surface area contributed by atoms with Crippen molar-refractivity contribution in [2.45, 2.75) is 6.36 Å². The van der Waals surface area contributed by atoms with Gasteiger partial charge in [-0.05, 0) is 27.5 Å². The lowest BCUT2D eigenvalue weighted by atomic mass is 10.3. The quantitative estimate of drug-likeness (QED) is 0.672. The lowest BCUT2D eigenvalue weighted by Gasteiger charge is -2.10. The molecule has 1 rings (SSSR count). The van der Waals surface area contributed by atoms with Crippen LogP contribution in [0.3, 0.4) is 0 Å². The summed E-state index contributed by atoms with van der Waals surface area (Å²) >= 11 is 7.80. The summed E-state index contributed by atoms with van der Waals surface area (Å²) in [6.07, 6.45) is -4.99. The number of ether oxygens (including phenoxy) is 1. The zero-order chi connectivity index (χ0) is 12.5. The number of hydrogen-bond donors (Lipinski definition) is 1. The zero-order valence-corrected chi connectivity index (χ0v) is 9.52. The Morgan fingerprint density at radius 2 is 2.12 bits per heavy atom. The fourth-order valence-corrected chi connectivity index (χ4v) is 1.50. The van der Waals surface area contributed by atoms with E-state index in [9.17, 15) is 18.0 Å². The number of carbonyl (C=O) groups excluding carboxylic acids is 1. The van der Waals surface area contributed by atoms with Gasteiger partial charge in [0.1, 0.15) is 4.60 Å². The van der Waals surface area contributed by atoms with Crippen LogP contribution in [0.25, 0.3) is 0 Å². The van der Waals surface area contributed by atoms with E-state index in [4.69, 9.17) is 16.7 Å². The number of aromatic hydroxyl groups is 1. The minimum Gasteiger partial charge on any atom is -0.503 e. The summed E-state index contributed by atoms with van der Waals surface area (Å²) in [4.78, 5) is 13.9. The lowest BCUT2D eigenvalue weighted by Crippen LogP contribution is -2.18. The van der Waals surface area contributed by atoms with Gasteiger partial charge in [-0.2, -0.15) is 0 Å². The van der Waals surface area contributed by atoms with Crippen LogP contribution in [0.5, 0.6) is 11.6 Å². The molecule has 0 unspecified atom stereocenters. The summed E-state index contributed by atoms with van der Waals surface area (Å²) in [5.74, 6) is -2.01. The first kappa shape index (κ1) is 13.0. The molecule has 4 nitrogen and oxygen atoms in total. The Balaban J connectivity index is 3.16. The Labute approximate surface area is 100 Å². The topological polar surface area (TPSA) is 59.4 Å². The van der Waals surface area contributed by atoms with E-state index >= 15 is 0 Å². The highest BCUT2D eigenvalue weighted by Gasteiger charge is 2.33. The molecule has 0 amide bonds. The highest BCUT2D eigenvalue weighted by atomic mass is 79.9. The first-order valence-electron chi connectivity index (χ1n) is 3.56. The fourth-order valence-electron chi connectivity index (χ4n) is 0.787. The van der Waals surface area contributed by atoms with Crippen LogP contribution in [0, 0.1) is 0 Å². The molecule has 16 heavy (non-hydrogen) atoms. The van der Waals surface area contributed by atoms with Gasteiger partial charge in [0.15, 0.2) is 5.75 Å². The molecule has 0 fully saturated rings. The van der Waals surface area contributed by atoms with Gasteiger partial charge in [0.05, 0.1) is 5.56 Å². The minimum atomic E-state index is -4.99. The maximum absolute atomic E-state index is 11.8. The van der Waals surface area contributed by atoms with Crippen molar-refractivity contribution in [2.24, 2.45) is 0 Å². The Kier molecular flexibility index (Phi) is 3.64. The maximum Gasteiger partial charge on any atom is 0.574 e. The first-order chi connectivity index (χ1) is 7.20. The fraction of sp³-hybridized carbons (Fsp3) is 0.143. The summed E-state index contributed by atoms with van der Waals surface area (Å²) in [5.41, 5.74) is -0.270. The maximum atomic E-state index is 11.8. The summed E-state index contributed by atoms with van der Waals surface area (Å²) in [7, 11) is 0. The Hall–Kier alpha value is -1.02. The predicted octanol–water partition coefficient (Wildman–Crippen LogP) is 2.83. The van der Waals surface area contributed by atoms with Crippen LogP contribution in [0.4, 0.5) is 13.2 Å². The average molecular weight is 320 g/mol. The molecule has 9 heteroatoms. The molecule has 0 spiro atoms. The van der Waals surface area contributed by atoms with Gasteiger partial charge in [0.25, 0.3) is 11.1 Å². The molecule has 0 radical (unpaired) electrons. The second kappa shape index (κ2) is 4.46. The highest BCUT2D eigenvalue weighted by molar-refractivity contribution is 9.10. The predicted molar refractivity (Wildman–Crippen MR) is 50.5 cm³/mol. The number of halogens is 5. The molecule has 88 valence electrons. The van der Waals surface area contributed by atoms with Crippen molar-refractivity contribution < 1.29 is 27.8 Å². The third-order valence-corrected chi connectivity index (χ3v) is 2.15. The number of hydrogen-bond acceptors (Lipinski definition) is 4. The van der Waals surface area contributed by atoms with Gasteiger partial charge in [0.2, 0.25) is 0 Å². The van der Waals surface area contributed by atoms with Gasteiger partial charge < -0.3 is 9.84 Å². The van der Waals surface area contributed by atoms with E-state index in [-0.39, 0.29) is 10.2 Å². The van der Waals surface area contributed by atoms with Crippen LogP contribution in [-0.2, 0) is 0 Å². The molecule has 0 saturated heterocycles. The van der Waals surface area contributed by atoms with Crippen LogP contribution >= 0.6 is 27.5 Å². The normalized spacial score (nSPS) is 11.3. The molecule has 1 aromatic heterocycles. The second-order valence-electron chi connectivity index (χ2n) is 2.47. The third-order valence-electron chi connectivity index (χ3n) is 1.35. The van der Waals surface area contributed by atoms with Gasteiger partial charge in [0, 0.05) is 6.07 Å². The number of carbonyl (C=O) groups is 1. The van der Waals surface area contributed by atoms with Crippen LogP contribution in [-0.4, -0.2) is 21.7 Å². The summed E-state index contributed by atoms with van der Waals surface area (Å²) in [6, 6.07) is 0.716. The number of alkyl halides is 3. The van der Waals surface area contributed by atoms with Gasteiger partial charge in [-0.25, -0.2) is 4.98 Å². The van der Waals surface area contributed by atoms with Crippen molar-refractivity contribution in [3.8, 4) is 11.6 Å². The molecule has 0 aliphatic carbocycles. The van der Waals surface area contributed by atoms with Crippen molar-refractivity contribution in [1.82, 2.24) is 4.98 Å². The zero-order valence-electron chi connectivity index (χ0n) is 7.18. The second-order valence-corrected chi connectivity index (χ2v) is 3.57. The van der Waals surface area contributed by atoms with Crippen LogP contribution in [0.15, 0.2) is 10.7 Å². The van der Waals surface area contributed by atoms with Gasteiger partial charge in [-0.15, -0.1) is 13.2 Å². The number of nitrogens with zero attached hydrogens (tertiary/aromatic N) is 1. The van der Waals surface area contributed by atoms with Crippen molar-refractivity contribution >= 4 is 32.8 Å². The van der Waals surface area contributed by atoms with Crippen molar-refractivity contribution in [3.05, 3.63) is 16.2 Å². The first-order valence-corrected chi connectivity index (χ1v) is 4.73. The summed E-state index contributed by atoms with van der Waals surface area (Å²) < 4.78 is 38.6. The molecule has 1 aromatic rings. The Morgan fingerprint density at radius 1 is 1.56 bits per heavy atom. The van der Waals surface area contributed by atoms with E-state index in [0.717, 1.165) is 0 Å². The van der Waals surface area contributed by atoms with E-state index < -0.39 is 23.2 Å². The SMILES string of the molecule is O=C(Cl)c1cc(O)c(OC(F)(F)F)nc1Br. The van der Waals surface area contributed by atoms with E-state index in [1.165, 1.54) is 0 Å². The number of rotatable bonds is 2. The van der Waals surface area contributed by atoms with Gasteiger partial charge in [-0.1, -0.05) is 0 Å².